The maximum atomic E-state index is 5.78. The second kappa shape index (κ2) is 4.50. The maximum absolute atomic E-state index is 5.78. The van der Waals surface area contributed by atoms with E-state index >= 15 is 0 Å². The highest BCUT2D eigenvalue weighted by Crippen LogP contribution is 2.27. The number of benzene rings is 2. The molecule has 0 unspecified atom stereocenters. The van der Waals surface area contributed by atoms with Crippen LogP contribution in [0.1, 0.15) is 16.7 Å². The molecule has 0 atom stereocenters. The number of hydrogen-bond acceptors (Lipinski definition) is 1. The molecule has 1 nitrogen and oxygen atoms in total. The summed E-state index contributed by atoms with van der Waals surface area (Å²) in [6.45, 7) is 4.85. The molecule has 2 aromatic carbocycles. The third-order valence-electron chi connectivity index (χ3n) is 2.92. The van der Waals surface area contributed by atoms with E-state index in [4.69, 9.17) is 5.73 Å². The molecule has 0 radical (unpaired) electrons. The highest BCUT2D eigenvalue weighted by molar-refractivity contribution is 5.71. The lowest BCUT2D eigenvalue weighted by Crippen LogP contribution is -1.99. The van der Waals surface area contributed by atoms with Gasteiger partial charge >= 0.3 is 0 Å². The molecule has 0 aliphatic heterocycles. The topological polar surface area (TPSA) is 26.0 Å². The van der Waals surface area contributed by atoms with Gasteiger partial charge in [0.15, 0.2) is 0 Å². The molecule has 16 heavy (non-hydrogen) atoms. The summed E-state index contributed by atoms with van der Waals surface area (Å²) in [7, 11) is 0. The van der Waals surface area contributed by atoms with Crippen LogP contribution in [0.4, 0.5) is 0 Å². The standard InChI is InChI=1S/C15H17N/c1-11-7-8-12(2)15(9-11)14-6-4-3-5-13(14)10-16/h3-9H,10,16H2,1-2H3. The van der Waals surface area contributed by atoms with E-state index in [0.29, 0.717) is 6.54 Å². The molecule has 2 N–H and O–H groups in total. The van der Waals surface area contributed by atoms with Gasteiger partial charge in [0.25, 0.3) is 0 Å². The van der Waals surface area contributed by atoms with Crippen molar-refractivity contribution in [2.45, 2.75) is 20.4 Å². The van der Waals surface area contributed by atoms with Crippen LogP contribution in [0, 0.1) is 13.8 Å². The first-order valence-corrected chi connectivity index (χ1v) is 5.58. The Hall–Kier alpha value is -1.60. The number of rotatable bonds is 2. The molecule has 0 heterocycles. The van der Waals surface area contributed by atoms with Gasteiger partial charge < -0.3 is 5.73 Å². The lowest BCUT2D eigenvalue weighted by Gasteiger charge is -2.11. The van der Waals surface area contributed by atoms with Crippen LogP contribution in [0.5, 0.6) is 0 Å². The predicted molar refractivity (Wildman–Crippen MR) is 69.2 cm³/mol. The molecule has 0 aliphatic carbocycles. The van der Waals surface area contributed by atoms with E-state index in [1.165, 1.54) is 27.8 Å². The van der Waals surface area contributed by atoms with Crippen molar-refractivity contribution < 1.29 is 0 Å². The van der Waals surface area contributed by atoms with Crippen molar-refractivity contribution in [1.29, 1.82) is 0 Å². The Kier molecular flexibility index (Phi) is 3.07. The molecule has 0 fully saturated rings. The zero-order chi connectivity index (χ0) is 11.5. The second-order valence-electron chi connectivity index (χ2n) is 4.18. The minimum atomic E-state index is 0.587. The van der Waals surface area contributed by atoms with Gasteiger partial charge in [0.05, 0.1) is 0 Å². The Morgan fingerprint density at radius 2 is 1.69 bits per heavy atom. The number of hydrogen-bond donors (Lipinski definition) is 1. The summed E-state index contributed by atoms with van der Waals surface area (Å²) < 4.78 is 0. The zero-order valence-corrected chi connectivity index (χ0v) is 9.83. The SMILES string of the molecule is Cc1ccc(C)c(-c2ccccc2CN)c1. The first-order chi connectivity index (χ1) is 7.72. The molecule has 0 aromatic heterocycles. The molecule has 0 bridgehead atoms. The van der Waals surface area contributed by atoms with E-state index in [1.54, 1.807) is 0 Å². The third-order valence-corrected chi connectivity index (χ3v) is 2.92. The zero-order valence-electron chi connectivity index (χ0n) is 9.83. The van der Waals surface area contributed by atoms with Gasteiger partial charge in [0.1, 0.15) is 0 Å². The average molecular weight is 211 g/mol. The summed E-state index contributed by atoms with van der Waals surface area (Å²) in [5.41, 5.74) is 12.1. The summed E-state index contributed by atoms with van der Waals surface area (Å²) in [6.07, 6.45) is 0. The highest BCUT2D eigenvalue weighted by atomic mass is 14.5. The molecule has 82 valence electrons. The van der Waals surface area contributed by atoms with Gasteiger partial charge in [-0.15, -0.1) is 0 Å². The van der Waals surface area contributed by atoms with Crippen molar-refractivity contribution in [1.82, 2.24) is 0 Å². The lowest BCUT2D eigenvalue weighted by molar-refractivity contribution is 1.07. The van der Waals surface area contributed by atoms with E-state index < -0.39 is 0 Å². The van der Waals surface area contributed by atoms with Crippen LogP contribution in [-0.2, 0) is 6.54 Å². The Morgan fingerprint density at radius 1 is 0.938 bits per heavy atom. The fourth-order valence-corrected chi connectivity index (χ4v) is 1.99. The summed E-state index contributed by atoms with van der Waals surface area (Å²) >= 11 is 0. The molecule has 0 aliphatic rings. The van der Waals surface area contributed by atoms with E-state index in [0.717, 1.165) is 0 Å². The lowest BCUT2D eigenvalue weighted by atomic mass is 9.94. The number of nitrogens with two attached hydrogens (primary N) is 1. The first kappa shape index (κ1) is 10.9. The van der Waals surface area contributed by atoms with E-state index in [9.17, 15) is 0 Å². The molecular weight excluding hydrogens is 194 g/mol. The van der Waals surface area contributed by atoms with Crippen molar-refractivity contribution in [3.05, 3.63) is 59.2 Å². The normalized spacial score (nSPS) is 10.4. The summed E-state index contributed by atoms with van der Waals surface area (Å²) in [4.78, 5) is 0. The highest BCUT2D eigenvalue weighted by Gasteiger charge is 2.05. The predicted octanol–water partition coefficient (Wildman–Crippen LogP) is 3.43. The fraction of sp³-hybridized carbons (Fsp3) is 0.200. The van der Waals surface area contributed by atoms with Crippen LogP contribution in [-0.4, -0.2) is 0 Å². The van der Waals surface area contributed by atoms with Crippen LogP contribution in [0.25, 0.3) is 11.1 Å². The van der Waals surface area contributed by atoms with Crippen LogP contribution in [0.15, 0.2) is 42.5 Å². The van der Waals surface area contributed by atoms with Gasteiger partial charge in [-0.3, -0.25) is 0 Å². The summed E-state index contributed by atoms with van der Waals surface area (Å²) in [5, 5.41) is 0. The van der Waals surface area contributed by atoms with Gasteiger partial charge in [0, 0.05) is 6.54 Å². The minimum absolute atomic E-state index is 0.587. The van der Waals surface area contributed by atoms with Crippen molar-refractivity contribution in [2.75, 3.05) is 0 Å². The van der Waals surface area contributed by atoms with E-state index in [2.05, 4.69) is 50.2 Å². The molecule has 0 amide bonds. The van der Waals surface area contributed by atoms with Gasteiger partial charge in [-0.25, -0.2) is 0 Å². The number of aryl methyl sites for hydroxylation is 2. The van der Waals surface area contributed by atoms with E-state index in [1.807, 2.05) is 6.07 Å². The molecule has 0 saturated heterocycles. The molecule has 2 rings (SSSR count). The van der Waals surface area contributed by atoms with Gasteiger partial charge in [-0.2, -0.15) is 0 Å². The van der Waals surface area contributed by atoms with Gasteiger partial charge in [-0.1, -0.05) is 48.0 Å². The average Bonchev–Trinajstić information content (AvgIpc) is 2.32. The Balaban J connectivity index is 2.62. The van der Waals surface area contributed by atoms with Crippen LogP contribution in [0.3, 0.4) is 0 Å². The Labute approximate surface area is 96.9 Å². The fourth-order valence-electron chi connectivity index (χ4n) is 1.99. The molecular formula is C15H17N. The quantitative estimate of drug-likeness (QED) is 0.809. The van der Waals surface area contributed by atoms with Crippen molar-refractivity contribution in [3.8, 4) is 11.1 Å². The molecule has 1 heteroatoms. The summed E-state index contributed by atoms with van der Waals surface area (Å²) in [5.74, 6) is 0. The monoisotopic (exact) mass is 211 g/mol. The first-order valence-electron chi connectivity index (χ1n) is 5.58. The van der Waals surface area contributed by atoms with Crippen molar-refractivity contribution >= 4 is 0 Å². The molecule has 2 aromatic rings. The van der Waals surface area contributed by atoms with Crippen molar-refractivity contribution in [2.24, 2.45) is 5.73 Å². The van der Waals surface area contributed by atoms with Gasteiger partial charge in [-0.05, 0) is 36.1 Å². The maximum Gasteiger partial charge on any atom is 0.0184 e. The second-order valence-corrected chi connectivity index (χ2v) is 4.18. The Morgan fingerprint density at radius 3 is 2.44 bits per heavy atom. The third kappa shape index (κ3) is 2.00. The van der Waals surface area contributed by atoms with Crippen LogP contribution < -0.4 is 5.73 Å². The largest absolute Gasteiger partial charge is 0.326 e. The Bertz CT molecular complexity index is 501. The van der Waals surface area contributed by atoms with Crippen LogP contribution in [0.2, 0.25) is 0 Å². The molecule has 0 saturated carbocycles. The smallest absolute Gasteiger partial charge is 0.0184 e. The van der Waals surface area contributed by atoms with Crippen molar-refractivity contribution in [3.63, 3.8) is 0 Å². The minimum Gasteiger partial charge on any atom is -0.326 e. The van der Waals surface area contributed by atoms with Gasteiger partial charge in [0.2, 0.25) is 0 Å². The summed E-state index contributed by atoms with van der Waals surface area (Å²) in [6, 6.07) is 14.9. The van der Waals surface area contributed by atoms with E-state index in [-0.39, 0.29) is 0 Å². The van der Waals surface area contributed by atoms with Crippen LogP contribution >= 0.6 is 0 Å². The molecule has 0 spiro atoms.